The molecule has 0 N–H and O–H groups in total. The fourth-order valence-corrected chi connectivity index (χ4v) is 2.47. The smallest absolute Gasteiger partial charge is 0.163 e. The van der Waals surface area contributed by atoms with Crippen molar-refractivity contribution >= 4 is 11.5 Å². The highest BCUT2D eigenvalue weighted by molar-refractivity contribution is 5.89. The van der Waals surface area contributed by atoms with E-state index in [2.05, 4.69) is 4.90 Å². The number of Topliss-reactive ketones (excluding diaryl/α,β-unsaturated/α-hetero) is 1. The molecule has 1 aromatic carbocycles. The lowest BCUT2D eigenvalue weighted by Crippen LogP contribution is -2.45. The summed E-state index contributed by atoms with van der Waals surface area (Å²) in [6, 6.07) is 5.90. The quantitative estimate of drug-likeness (QED) is 0.777. The van der Waals surface area contributed by atoms with Crippen molar-refractivity contribution in [3.8, 4) is 11.5 Å². The van der Waals surface area contributed by atoms with Crippen molar-refractivity contribution in [1.82, 2.24) is 0 Å². The number of benzene rings is 1. The van der Waals surface area contributed by atoms with Crippen LogP contribution in [0.15, 0.2) is 18.2 Å². The predicted octanol–water partition coefficient (Wildman–Crippen LogP) is 2.26. The highest BCUT2D eigenvalue weighted by atomic mass is 16.6. The van der Waals surface area contributed by atoms with Gasteiger partial charge in [0.05, 0.1) is 6.54 Å². The van der Waals surface area contributed by atoms with Gasteiger partial charge in [-0.05, 0) is 18.6 Å². The van der Waals surface area contributed by atoms with Gasteiger partial charge in [-0.15, -0.1) is 0 Å². The van der Waals surface area contributed by atoms with Crippen molar-refractivity contribution in [1.29, 1.82) is 0 Å². The number of anilines is 1. The van der Waals surface area contributed by atoms with Crippen LogP contribution in [0.1, 0.15) is 20.3 Å². The van der Waals surface area contributed by atoms with Crippen LogP contribution in [0.3, 0.4) is 0 Å². The first kappa shape index (κ1) is 12.3. The monoisotopic (exact) mass is 261 g/mol. The van der Waals surface area contributed by atoms with Gasteiger partial charge in [-0.2, -0.15) is 0 Å². The number of carbonyl (C=O) groups excluding carboxylic acids is 1. The summed E-state index contributed by atoms with van der Waals surface area (Å²) in [5.74, 6) is 1.87. The molecule has 0 atom stereocenters. The number of ether oxygens (including phenoxy) is 2. The molecule has 4 nitrogen and oxygen atoms in total. The van der Waals surface area contributed by atoms with Crippen LogP contribution in [0.2, 0.25) is 0 Å². The first-order valence-corrected chi connectivity index (χ1v) is 6.74. The number of ketones is 1. The van der Waals surface area contributed by atoms with Crippen molar-refractivity contribution < 1.29 is 14.3 Å². The highest BCUT2D eigenvalue weighted by Crippen LogP contribution is 2.36. The Morgan fingerprint density at radius 1 is 1.16 bits per heavy atom. The largest absolute Gasteiger partial charge is 0.486 e. The Morgan fingerprint density at radius 3 is 2.63 bits per heavy atom. The van der Waals surface area contributed by atoms with E-state index < -0.39 is 0 Å². The van der Waals surface area contributed by atoms with Gasteiger partial charge >= 0.3 is 0 Å². The van der Waals surface area contributed by atoms with Crippen LogP contribution < -0.4 is 14.4 Å². The number of hydrogen-bond donors (Lipinski definition) is 0. The second-order valence-electron chi connectivity index (χ2n) is 5.81. The van der Waals surface area contributed by atoms with Gasteiger partial charge in [-0.1, -0.05) is 13.8 Å². The van der Waals surface area contributed by atoms with Crippen LogP contribution in [0.5, 0.6) is 11.5 Å². The van der Waals surface area contributed by atoms with Gasteiger partial charge in [0.1, 0.15) is 13.2 Å². The van der Waals surface area contributed by atoms with Crippen molar-refractivity contribution in [2.45, 2.75) is 20.3 Å². The Bertz CT molecular complexity index is 510. The first-order valence-electron chi connectivity index (χ1n) is 6.74. The highest BCUT2D eigenvalue weighted by Gasteiger charge is 2.34. The molecule has 0 bridgehead atoms. The third-order valence-corrected chi connectivity index (χ3v) is 3.99. The summed E-state index contributed by atoms with van der Waals surface area (Å²) in [6.45, 7) is 6.61. The molecule has 0 spiro atoms. The van der Waals surface area contributed by atoms with Gasteiger partial charge in [0.15, 0.2) is 17.3 Å². The van der Waals surface area contributed by atoms with Gasteiger partial charge in [0.25, 0.3) is 0 Å². The van der Waals surface area contributed by atoms with Crippen LogP contribution in [-0.2, 0) is 4.79 Å². The Hall–Kier alpha value is -1.71. The molecule has 1 aromatic rings. The van der Waals surface area contributed by atoms with E-state index in [0.29, 0.717) is 25.5 Å². The maximum atomic E-state index is 12.1. The molecule has 1 saturated heterocycles. The molecule has 0 saturated carbocycles. The SMILES string of the molecule is CC1(C)CCN(c2ccc3c(c2)OCCO3)CC1=O. The molecular formula is C15H19NO3. The summed E-state index contributed by atoms with van der Waals surface area (Å²) in [6.07, 6.45) is 0.889. The van der Waals surface area contributed by atoms with Crippen molar-refractivity contribution in [2.75, 3.05) is 31.2 Å². The normalized spacial score (nSPS) is 21.4. The lowest BCUT2D eigenvalue weighted by Gasteiger charge is -2.37. The molecule has 0 unspecified atom stereocenters. The first-order chi connectivity index (χ1) is 9.06. The maximum absolute atomic E-state index is 12.1. The molecule has 2 heterocycles. The van der Waals surface area contributed by atoms with Crippen LogP contribution >= 0.6 is 0 Å². The molecular weight excluding hydrogens is 242 g/mol. The van der Waals surface area contributed by atoms with E-state index in [1.165, 1.54) is 0 Å². The summed E-state index contributed by atoms with van der Waals surface area (Å²) in [7, 11) is 0. The number of rotatable bonds is 1. The van der Waals surface area contributed by atoms with E-state index in [1.807, 2.05) is 32.0 Å². The van der Waals surface area contributed by atoms with E-state index in [9.17, 15) is 4.79 Å². The van der Waals surface area contributed by atoms with Crippen LogP contribution in [-0.4, -0.2) is 32.1 Å². The maximum Gasteiger partial charge on any atom is 0.163 e. The molecule has 0 aliphatic carbocycles. The minimum atomic E-state index is -0.190. The average Bonchev–Trinajstić information content (AvgIpc) is 2.41. The Balaban J connectivity index is 1.82. The molecule has 0 aromatic heterocycles. The molecule has 4 heteroatoms. The van der Waals surface area contributed by atoms with E-state index >= 15 is 0 Å². The Labute approximate surface area is 113 Å². The van der Waals surface area contributed by atoms with Crippen LogP contribution in [0.4, 0.5) is 5.69 Å². The molecule has 0 amide bonds. The van der Waals surface area contributed by atoms with E-state index in [-0.39, 0.29) is 5.41 Å². The summed E-state index contributed by atoms with van der Waals surface area (Å²) in [5, 5.41) is 0. The summed E-state index contributed by atoms with van der Waals surface area (Å²) in [4.78, 5) is 14.2. The lowest BCUT2D eigenvalue weighted by molar-refractivity contribution is -0.127. The lowest BCUT2D eigenvalue weighted by atomic mass is 9.81. The zero-order valence-corrected chi connectivity index (χ0v) is 11.4. The minimum Gasteiger partial charge on any atom is -0.486 e. The summed E-state index contributed by atoms with van der Waals surface area (Å²) in [5.41, 5.74) is 0.845. The number of fused-ring (bicyclic) bond motifs is 1. The van der Waals surface area contributed by atoms with Gasteiger partial charge in [0, 0.05) is 23.7 Å². The van der Waals surface area contributed by atoms with Gasteiger partial charge in [-0.3, -0.25) is 4.79 Å². The topological polar surface area (TPSA) is 38.8 Å². The van der Waals surface area contributed by atoms with E-state index in [0.717, 1.165) is 30.2 Å². The minimum absolute atomic E-state index is 0.190. The van der Waals surface area contributed by atoms with Crippen molar-refractivity contribution in [3.63, 3.8) is 0 Å². The second kappa shape index (κ2) is 4.44. The number of carbonyl (C=O) groups is 1. The molecule has 0 radical (unpaired) electrons. The van der Waals surface area contributed by atoms with E-state index in [1.54, 1.807) is 0 Å². The molecule has 3 rings (SSSR count). The van der Waals surface area contributed by atoms with Crippen LogP contribution in [0.25, 0.3) is 0 Å². The molecule has 2 aliphatic heterocycles. The summed E-state index contributed by atoms with van der Waals surface area (Å²) >= 11 is 0. The fourth-order valence-electron chi connectivity index (χ4n) is 2.47. The fraction of sp³-hybridized carbons (Fsp3) is 0.533. The number of nitrogens with zero attached hydrogens (tertiary/aromatic N) is 1. The second-order valence-corrected chi connectivity index (χ2v) is 5.81. The standard InChI is InChI=1S/C15H19NO3/c1-15(2)5-6-16(10-14(15)17)11-3-4-12-13(9-11)19-8-7-18-12/h3-4,9H,5-8,10H2,1-2H3. The van der Waals surface area contributed by atoms with Crippen molar-refractivity contribution in [2.24, 2.45) is 5.41 Å². The average molecular weight is 261 g/mol. The van der Waals surface area contributed by atoms with Crippen molar-refractivity contribution in [3.05, 3.63) is 18.2 Å². The van der Waals surface area contributed by atoms with E-state index in [4.69, 9.17) is 9.47 Å². The summed E-state index contributed by atoms with van der Waals surface area (Å²) < 4.78 is 11.1. The Morgan fingerprint density at radius 2 is 1.89 bits per heavy atom. The third kappa shape index (κ3) is 2.27. The number of hydrogen-bond acceptors (Lipinski definition) is 4. The predicted molar refractivity (Wildman–Crippen MR) is 73.1 cm³/mol. The molecule has 102 valence electrons. The van der Waals surface area contributed by atoms with Gasteiger partial charge < -0.3 is 14.4 Å². The van der Waals surface area contributed by atoms with Gasteiger partial charge in [0.2, 0.25) is 0 Å². The number of piperidine rings is 1. The Kier molecular flexibility index (Phi) is 2.88. The molecule has 19 heavy (non-hydrogen) atoms. The van der Waals surface area contributed by atoms with Gasteiger partial charge in [-0.25, -0.2) is 0 Å². The molecule has 2 aliphatic rings. The van der Waals surface area contributed by atoms with Crippen LogP contribution in [0, 0.1) is 5.41 Å². The third-order valence-electron chi connectivity index (χ3n) is 3.99. The zero-order valence-electron chi connectivity index (χ0n) is 11.4. The molecule has 1 fully saturated rings. The zero-order chi connectivity index (χ0) is 13.5.